The molecule has 2 aromatic heterocycles. The number of carbonyl (C=O) groups excluding carboxylic acids is 2. The number of benzene rings is 4. The Hall–Kier alpha value is -7.08. The summed E-state index contributed by atoms with van der Waals surface area (Å²) in [6.07, 6.45) is 6.60. The number of aliphatic imine (C=N–C) groups is 2. The predicted octanol–water partition coefficient (Wildman–Crippen LogP) is 6.42. The van der Waals surface area contributed by atoms with Crippen LogP contribution in [0.3, 0.4) is 0 Å². The first-order valence-corrected chi connectivity index (χ1v) is 18.7. The maximum Gasteiger partial charge on any atom is 0.336 e. The number of nitrogens with zero attached hydrogens (tertiary/aromatic N) is 6. The third kappa shape index (κ3) is 9.42. The first kappa shape index (κ1) is 38.2. The molecule has 8 rings (SSSR count). The average molecular weight is 760 g/mol. The summed E-state index contributed by atoms with van der Waals surface area (Å²) in [4.78, 5) is 52.3. The molecule has 4 heterocycles. The second kappa shape index (κ2) is 18.5. The summed E-state index contributed by atoms with van der Waals surface area (Å²) in [5, 5.41) is 0. The molecule has 0 saturated carbocycles. The number of hydrogen-bond donors (Lipinski definition) is 1. The van der Waals surface area contributed by atoms with Gasteiger partial charge in [-0.25, -0.2) is 14.8 Å². The van der Waals surface area contributed by atoms with E-state index in [1.54, 1.807) is 12.4 Å². The van der Waals surface area contributed by atoms with Gasteiger partial charge in [-0.1, -0.05) is 121 Å². The summed E-state index contributed by atoms with van der Waals surface area (Å²) in [7, 11) is 1.35. The number of aryl methyl sites for hydroxylation is 2. The van der Waals surface area contributed by atoms with Gasteiger partial charge < -0.3 is 19.9 Å². The lowest BCUT2D eigenvalue weighted by molar-refractivity contribution is -0.142. The topological polar surface area (TPSA) is 164 Å². The minimum Gasteiger partial charge on any atom is -0.476 e. The van der Waals surface area contributed by atoms with Gasteiger partial charge >= 0.3 is 5.97 Å². The maximum atomic E-state index is 12.6. The fourth-order valence-corrected chi connectivity index (χ4v) is 6.37. The lowest BCUT2D eigenvalue weighted by Crippen LogP contribution is -2.24. The number of rotatable bonds is 10. The largest absolute Gasteiger partial charge is 0.476 e. The molecular weight excluding hydrogens is 719 g/mol. The molecule has 0 aliphatic carbocycles. The van der Waals surface area contributed by atoms with Crippen molar-refractivity contribution in [2.75, 3.05) is 20.3 Å². The van der Waals surface area contributed by atoms with E-state index in [1.807, 2.05) is 121 Å². The van der Waals surface area contributed by atoms with Gasteiger partial charge in [-0.3, -0.25) is 24.7 Å². The average Bonchev–Trinajstić information content (AvgIpc) is 3.28. The van der Waals surface area contributed by atoms with Crippen molar-refractivity contribution in [3.8, 4) is 11.8 Å². The van der Waals surface area contributed by atoms with Crippen LogP contribution < -0.4 is 15.2 Å². The van der Waals surface area contributed by atoms with Gasteiger partial charge in [0.05, 0.1) is 55.5 Å². The molecule has 2 aliphatic rings. The van der Waals surface area contributed by atoms with E-state index in [-0.39, 0.29) is 0 Å². The molecule has 12 heteroatoms. The van der Waals surface area contributed by atoms with Gasteiger partial charge in [0.1, 0.15) is 11.4 Å². The van der Waals surface area contributed by atoms with Crippen LogP contribution in [0.1, 0.15) is 70.0 Å². The molecule has 2 N–H and O–H groups in total. The third-order valence-corrected chi connectivity index (χ3v) is 9.21. The molecule has 0 spiro atoms. The van der Waals surface area contributed by atoms with E-state index in [0.717, 1.165) is 59.3 Å². The number of amides is 1. The lowest BCUT2D eigenvalue weighted by Gasteiger charge is -2.18. The second-order valence-electron chi connectivity index (χ2n) is 13.1. The zero-order valence-electron chi connectivity index (χ0n) is 31.4. The smallest absolute Gasteiger partial charge is 0.336 e. The van der Waals surface area contributed by atoms with Crippen LogP contribution in [-0.4, -0.2) is 63.6 Å². The van der Waals surface area contributed by atoms with Crippen molar-refractivity contribution in [3.63, 3.8) is 0 Å². The zero-order valence-corrected chi connectivity index (χ0v) is 31.4. The van der Waals surface area contributed by atoms with E-state index in [4.69, 9.17) is 29.9 Å². The van der Waals surface area contributed by atoms with Gasteiger partial charge in [0.15, 0.2) is 12.1 Å². The SMILES string of the molecule is COC(=O)C(N=C(c1ccccc1)c1ccccc1)c1cnc2c(n1)OCCC2.NC(=O)C(N=C(c1ccccc1)c1ccccc1)c1cnc2c(n1)OCCC2. The monoisotopic (exact) mass is 759 g/mol. The fourth-order valence-electron chi connectivity index (χ4n) is 6.37. The Bertz CT molecular complexity index is 2280. The van der Waals surface area contributed by atoms with Crippen LogP contribution in [0.2, 0.25) is 0 Å². The Balaban J connectivity index is 0.000000174. The van der Waals surface area contributed by atoms with Crippen LogP contribution in [0.5, 0.6) is 11.8 Å². The van der Waals surface area contributed by atoms with Crippen molar-refractivity contribution in [2.24, 2.45) is 15.7 Å². The summed E-state index contributed by atoms with van der Waals surface area (Å²) in [6, 6.07) is 37.0. The number of ether oxygens (including phenoxy) is 3. The molecule has 6 aromatic rings. The summed E-state index contributed by atoms with van der Waals surface area (Å²) in [5.41, 5.74) is 13.0. The Morgan fingerprint density at radius 3 is 1.33 bits per heavy atom. The molecule has 0 fully saturated rings. The summed E-state index contributed by atoms with van der Waals surface area (Å²) >= 11 is 0. The molecule has 12 nitrogen and oxygen atoms in total. The molecule has 0 radical (unpaired) electrons. The van der Waals surface area contributed by atoms with E-state index < -0.39 is 24.0 Å². The van der Waals surface area contributed by atoms with Crippen molar-refractivity contribution < 1.29 is 23.8 Å². The summed E-state index contributed by atoms with van der Waals surface area (Å²) < 4.78 is 16.3. The number of primary amides is 1. The van der Waals surface area contributed by atoms with Gasteiger partial charge in [0, 0.05) is 22.3 Å². The highest BCUT2D eigenvalue weighted by Crippen LogP contribution is 2.27. The predicted molar refractivity (Wildman–Crippen MR) is 215 cm³/mol. The highest BCUT2D eigenvalue weighted by atomic mass is 16.5. The number of hydrogen-bond acceptors (Lipinski definition) is 11. The number of esters is 1. The first-order valence-electron chi connectivity index (χ1n) is 18.7. The van der Waals surface area contributed by atoms with Crippen molar-refractivity contribution in [3.05, 3.63) is 179 Å². The maximum absolute atomic E-state index is 12.6. The number of aromatic nitrogens is 4. The molecule has 4 aromatic carbocycles. The van der Waals surface area contributed by atoms with Gasteiger partial charge in [-0.2, -0.15) is 0 Å². The third-order valence-electron chi connectivity index (χ3n) is 9.21. The quantitative estimate of drug-likeness (QED) is 0.123. The zero-order chi connectivity index (χ0) is 39.4. The fraction of sp³-hybridized carbons (Fsp3) is 0.200. The molecular formula is C45H41N7O5. The Morgan fingerprint density at radius 1 is 0.596 bits per heavy atom. The van der Waals surface area contributed by atoms with Crippen LogP contribution in [0.15, 0.2) is 144 Å². The lowest BCUT2D eigenvalue weighted by atomic mass is 10.0. The van der Waals surface area contributed by atoms with Crippen molar-refractivity contribution in [2.45, 2.75) is 37.8 Å². The van der Waals surface area contributed by atoms with Gasteiger partial charge in [-0.05, 0) is 25.7 Å². The highest BCUT2D eigenvalue weighted by molar-refractivity contribution is 6.14. The van der Waals surface area contributed by atoms with E-state index in [9.17, 15) is 9.59 Å². The number of fused-ring (bicyclic) bond motifs is 2. The molecule has 2 aliphatic heterocycles. The van der Waals surface area contributed by atoms with Crippen LogP contribution in [0.25, 0.3) is 0 Å². The highest BCUT2D eigenvalue weighted by Gasteiger charge is 2.27. The van der Waals surface area contributed by atoms with Crippen LogP contribution >= 0.6 is 0 Å². The van der Waals surface area contributed by atoms with E-state index in [1.165, 1.54) is 7.11 Å². The minimum atomic E-state index is -0.960. The van der Waals surface area contributed by atoms with E-state index in [0.29, 0.717) is 47.8 Å². The van der Waals surface area contributed by atoms with Gasteiger partial charge in [-0.15, -0.1) is 0 Å². The van der Waals surface area contributed by atoms with Crippen molar-refractivity contribution >= 4 is 23.3 Å². The van der Waals surface area contributed by atoms with Gasteiger partial charge in [0.25, 0.3) is 0 Å². The van der Waals surface area contributed by atoms with Crippen LogP contribution in [-0.2, 0) is 27.2 Å². The normalized spacial score (nSPS) is 13.6. The van der Waals surface area contributed by atoms with E-state index >= 15 is 0 Å². The van der Waals surface area contributed by atoms with E-state index in [2.05, 4.69) is 19.9 Å². The molecule has 286 valence electrons. The minimum absolute atomic E-state index is 0.387. The number of carbonyl (C=O) groups is 2. The standard InChI is InChI=1S/C23H21N3O3.C22H20N4O2/c1-28-23(27)21(19-15-24-18-13-8-14-29-22(18)25-19)26-20(16-9-4-2-5-10-16)17-11-6-3-7-12-17;23-21(27)20(18-14-24-17-12-7-13-28-22(17)25-18)26-19(15-8-3-1-4-9-15)16-10-5-2-6-11-16/h2-7,9-12,15,21H,8,13-14H2,1H3;1-6,8-11,14,20H,7,12-13H2,(H2,23,27). The molecule has 2 unspecified atom stereocenters. The molecule has 0 bridgehead atoms. The summed E-state index contributed by atoms with van der Waals surface area (Å²) in [6.45, 7) is 1.19. The molecule has 0 saturated heterocycles. The Kier molecular flexibility index (Phi) is 12.4. The Labute approximate surface area is 330 Å². The van der Waals surface area contributed by atoms with Crippen LogP contribution in [0, 0.1) is 0 Å². The van der Waals surface area contributed by atoms with Crippen molar-refractivity contribution in [1.29, 1.82) is 0 Å². The van der Waals surface area contributed by atoms with Gasteiger partial charge in [0.2, 0.25) is 17.7 Å². The van der Waals surface area contributed by atoms with Crippen LogP contribution in [0.4, 0.5) is 0 Å². The molecule has 1 amide bonds. The molecule has 2 atom stereocenters. The van der Waals surface area contributed by atoms with Crippen molar-refractivity contribution in [1.82, 2.24) is 19.9 Å². The summed E-state index contributed by atoms with van der Waals surface area (Å²) in [5.74, 6) is -0.154. The first-order chi connectivity index (χ1) is 28.0. The molecule has 57 heavy (non-hydrogen) atoms. The second-order valence-corrected chi connectivity index (χ2v) is 13.1. The Morgan fingerprint density at radius 2 is 0.965 bits per heavy atom. The number of methoxy groups -OCH3 is 1. The number of nitrogens with two attached hydrogens (primary N) is 1.